The van der Waals surface area contributed by atoms with Crippen LogP contribution in [0.4, 0.5) is 5.69 Å². The molecule has 0 spiro atoms. The molecule has 2 aliphatic rings. The van der Waals surface area contributed by atoms with Gasteiger partial charge < -0.3 is 10.3 Å². The summed E-state index contributed by atoms with van der Waals surface area (Å²) in [7, 11) is 0. The number of benzene rings is 1. The summed E-state index contributed by atoms with van der Waals surface area (Å²) in [5.41, 5.74) is 8.67. The number of hydrogen-bond acceptors (Lipinski definition) is 4. The van der Waals surface area contributed by atoms with Crippen LogP contribution in [0.25, 0.3) is 11.5 Å². The van der Waals surface area contributed by atoms with Gasteiger partial charge in [-0.05, 0) is 55.7 Å². The molecular weight excluding hydrogens is 250 g/mol. The van der Waals surface area contributed by atoms with Gasteiger partial charge in [-0.1, -0.05) is 17.6 Å². The molecule has 4 rings (SSSR count). The maximum absolute atomic E-state index is 5.95. The first-order chi connectivity index (χ1) is 9.72. The highest BCUT2D eigenvalue weighted by atomic mass is 16.5. The van der Waals surface area contributed by atoms with E-state index in [9.17, 15) is 0 Å². The van der Waals surface area contributed by atoms with E-state index < -0.39 is 0 Å². The van der Waals surface area contributed by atoms with E-state index >= 15 is 0 Å². The fourth-order valence-corrected chi connectivity index (χ4v) is 3.94. The largest absolute Gasteiger partial charge is 0.398 e. The number of aromatic nitrogens is 2. The average molecular weight is 269 g/mol. The van der Waals surface area contributed by atoms with Crippen molar-refractivity contribution in [3.63, 3.8) is 0 Å². The molecule has 3 unspecified atom stereocenters. The molecule has 1 heterocycles. The van der Waals surface area contributed by atoms with Gasteiger partial charge in [0.15, 0.2) is 5.82 Å². The standard InChI is InChI=1S/C16H19N3O/c1-9-12(3-2-4-14(9)17)16-18-15(19-20-16)13-8-10-5-6-11(13)7-10/h2-4,10-11,13H,5-8,17H2,1H3. The van der Waals surface area contributed by atoms with E-state index in [4.69, 9.17) is 10.3 Å². The molecule has 2 aliphatic carbocycles. The number of hydrogen-bond donors (Lipinski definition) is 1. The number of nitrogens with two attached hydrogens (primary N) is 1. The minimum atomic E-state index is 0.507. The molecule has 2 saturated carbocycles. The van der Waals surface area contributed by atoms with E-state index in [1.807, 2.05) is 25.1 Å². The van der Waals surface area contributed by atoms with Crippen LogP contribution in [-0.4, -0.2) is 10.1 Å². The second kappa shape index (κ2) is 4.33. The summed E-state index contributed by atoms with van der Waals surface area (Å²) in [6.07, 6.45) is 5.31. The van der Waals surface area contributed by atoms with Crippen LogP contribution >= 0.6 is 0 Å². The summed E-state index contributed by atoms with van der Waals surface area (Å²) in [5.74, 6) is 3.67. The Morgan fingerprint density at radius 2 is 2.15 bits per heavy atom. The van der Waals surface area contributed by atoms with Gasteiger partial charge in [-0.3, -0.25) is 0 Å². The van der Waals surface area contributed by atoms with Crippen LogP contribution in [0.15, 0.2) is 22.7 Å². The van der Waals surface area contributed by atoms with Crippen LogP contribution in [0.3, 0.4) is 0 Å². The number of anilines is 1. The first kappa shape index (κ1) is 11.9. The molecule has 2 fully saturated rings. The van der Waals surface area contributed by atoms with Gasteiger partial charge in [-0.25, -0.2) is 0 Å². The van der Waals surface area contributed by atoms with E-state index in [2.05, 4.69) is 10.1 Å². The Morgan fingerprint density at radius 1 is 1.25 bits per heavy atom. The molecular formula is C16H19N3O. The Morgan fingerprint density at radius 3 is 2.90 bits per heavy atom. The van der Waals surface area contributed by atoms with Gasteiger partial charge in [0.05, 0.1) is 0 Å². The molecule has 104 valence electrons. The Hall–Kier alpha value is -1.84. The number of nitrogens with zero attached hydrogens (tertiary/aromatic N) is 2. The minimum absolute atomic E-state index is 0.507. The Bertz CT molecular complexity index is 649. The first-order valence-corrected chi connectivity index (χ1v) is 7.41. The summed E-state index contributed by atoms with van der Waals surface area (Å²) in [4.78, 5) is 4.65. The van der Waals surface area contributed by atoms with Crippen molar-refractivity contribution in [1.82, 2.24) is 10.1 Å². The average Bonchev–Trinajstić information content (AvgIpc) is 3.16. The number of fused-ring (bicyclic) bond motifs is 2. The number of rotatable bonds is 2. The van der Waals surface area contributed by atoms with E-state index in [1.54, 1.807) is 0 Å². The maximum Gasteiger partial charge on any atom is 0.258 e. The zero-order valence-corrected chi connectivity index (χ0v) is 11.7. The summed E-state index contributed by atoms with van der Waals surface area (Å²) >= 11 is 0. The molecule has 0 saturated heterocycles. The molecule has 0 aliphatic heterocycles. The van der Waals surface area contributed by atoms with Crippen LogP contribution in [-0.2, 0) is 0 Å². The second-order valence-electron chi connectivity index (χ2n) is 6.26. The molecule has 2 aromatic rings. The highest BCUT2D eigenvalue weighted by Gasteiger charge is 2.42. The summed E-state index contributed by atoms with van der Waals surface area (Å²) in [6, 6.07) is 5.81. The monoisotopic (exact) mass is 269 g/mol. The molecule has 4 nitrogen and oxygen atoms in total. The molecule has 0 amide bonds. The molecule has 2 N–H and O–H groups in total. The molecule has 1 aromatic heterocycles. The third-order valence-electron chi connectivity index (χ3n) is 5.12. The minimum Gasteiger partial charge on any atom is -0.398 e. The van der Waals surface area contributed by atoms with Gasteiger partial charge in [0.2, 0.25) is 0 Å². The van der Waals surface area contributed by atoms with Crippen LogP contribution in [0.1, 0.15) is 43.0 Å². The van der Waals surface area contributed by atoms with Gasteiger partial charge in [-0.2, -0.15) is 4.98 Å². The van der Waals surface area contributed by atoms with Crippen molar-refractivity contribution in [3.05, 3.63) is 29.6 Å². The van der Waals surface area contributed by atoms with Crippen LogP contribution < -0.4 is 5.73 Å². The Balaban J connectivity index is 1.67. The van der Waals surface area contributed by atoms with Gasteiger partial charge in [0.25, 0.3) is 5.89 Å². The lowest BCUT2D eigenvalue weighted by Crippen LogP contribution is -2.09. The summed E-state index contributed by atoms with van der Waals surface area (Å²) < 4.78 is 5.49. The van der Waals surface area contributed by atoms with Gasteiger partial charge in [0.1, 0.15) is 0 Å². The lowest BCUT2D eigenvalue weighted by atomic mass is 9.88. The molecule has 20 heavy (non-hydrogen) atoms. The van der Waals surface area contributed by atoms with E-state index in [0.29, 0.717) is 11.8 Å². The topological polar surface area (TPSA) is 64.9 Å². The van der Waals surface area contributed by atoms with E-state index in [1.165, 1.54) is 25.7 Å². The second-order valence-corrected chi connectivity index (χ2v) is 6.26. The van der Waals surface area contributed by atoms with Crippen molar-refractivity contribution < 1.29 is 4.52 Å². The fourth-order valence-electron chi connectivity index (χ4n) is 3.94. The van der Waals surface area contributed by atoms with Gasteiger partial charge in [0, 0.05) is 17.2 Å². The lowest BCUT2D eigenvalue weighted by molar-refractivity contribution is 0.372. The van der Waals surface area contributed by atoms with Crippen molar-refractivity contribution in [1.29, 1.82) is 0 Å². The Labute approximate surface area is 118 Å². The summed E-state index contributed by atoms with van der Waals surface area (Å²) in [5, 5.41) is 4.24. The lowest BCUT2D eigenvalue weighted by Gasteiger charge is -2.17. The van der Waals surface area contributed by atoms with Crippen LogP contribution in [0, 0.1) is 18.8 Å². The quantitative estimate of drug-likeness (QED) is 0.847. The fraction of sp³-hybridized carbons (Fsp3) is 0.500. The zero-order chi connectivity index (χ0) is 13.7. The van der Waals surface area contributed by atoms with Crippen molar-refractivity contribution in [2.75, 3.05) is 5.73 Å². The maximum atomic E-state index is 5.95. The first-order valence-electron chi connectivity index (χ1n) is 7.41. The van der Waals surface area contributed by atoms with Crippen molar-refractivity contribution in [3.8, 4) is 11.5 Å². The zero-order valence-electron chi connectivity index (χ0n) is 11.7. The molecule has 3 atom stereocenters. The normalized spacial score (nSPS) is 28.1. The molecule has 0 radical (unpaired) electrons. The van der Waals surface area contributed by atoms with Gasteiger partial charge >= 0.3 is 0 Å². The predicted molar refractivity (Wildman–Crippen MR) is 77.1 cm³/mol. The van der Waals surface area contributed by atoms with Crippen LogP contribution in [0.5, 0.6) is 0 Å². The van der Waals surface area contributed by atoms with Gasteiger partial charge in [-0.15, -0.1) is 0 Å². The highest BCUT2D eigenvalue weighted by Crippen LogP contribution is 2.52. The molecule has 2 bridgehead atoms. The SMILES string of the molecule is Cc1c(N)cccc1-c1nc(C2CC3CCC2C3)no1. The summed E-state index contributed by atoms with van der Waals surface area (Å²) in [6.45, 7) is 1.99. The van der Waals surface area contributed by atoms with Crippen molar-refractivity contribution in [2.24, 2.45) is 11.8 Å². The van der Waals surface area contributed by atoms with E-state index in [-0.39, 0.29) is 0 Å². The smallest absolute Gasteiger partial charge is 0.258 e. The highest BCUT2D eigenvalue weighted by molar-refractivity contribution is 5.66. The molecule has 1 aromatic carbocycles. The third-order valence-corrected chi connectivity index (χ3v) is 5.12. The molecule has 4 heteroatoms. The van der Waals surface area contributed by atoms with Crippen LogP contribution in [0.2, 0.25) is 0 Å². The Kier molecular flexibility index (Phi) is 2.59. The van der Waals surface area contributed by atoms with Crippen molar-refractivity contribution >= 4 is 5.69 Å². The number of nitrogen functional groups attached to an aromatic ring is 1. The third kappa shape index (κ3) is 1.74. The van der Waals surface area contributed by atoms with Crippen molar-refractivity contribution in [2.45, 2.75) is 38.5 Å². The predicted octanol–water partition coefficient (Wildman–Crippen LogP) is 3.53. The van der Waals surface area contributed by atoms with E-state index in [0.717, 1.165) is 34.5 Å².